The Balaban J connectivity index is 3.25. The van der Waals surface area contributed by atoms with Crippen molar-refractivity contribution in [1.29, 1.82) is 0 Å². The second kappa shape index (κ2) is 10.0. The molecule has 0 spiro atoms. The SMILES string of the molecule is CCCC[C@@H](CCCCCO)OC. The van der Waals surface area contributed by atoms with Gasteiger partial charge in [0.05, 0.1) is 6.10 Å². The van der Waals surface area contributed by atoms with Gasteiger partial charge in [0.25, 0.3) is 0 Å². The zero-order chi connectivity index (χ0) is 9.94. The average molecular weight is 188 g/mol. The molecule has 0 saturated heterocycles. The van der Waals surface area contributed by atoms with E-state index in [4.69, 9.17) is 9.84 Å². The molecule has 0 amide bonds. The maximum absolute atomic E-state index is 8.60. The summed E-state index contributed by atoms with van der Waals surface area (Å²) in [6.45, 7) is 2.53. The van der Waals surface area contributed by atoms with Gasteiger partial charge < -0.3 is 9.84 Å². The van der Waals surface area contributed by atoms with E-state index in [2.05, 4.69) is 6.92 Å². The third-order valence-electron chi connectivity index (χ3n) is 2.40. The Hall–Kier alpha value is -0.0800. The Bertz CT molecular complexity index is 94.1. The summed E-state index contributed by atoms with van der Waals surface area (Å²) < 4.78 is 5.37. The molecule has 0 unspecified atom stereocenters. The molecular formula is C11H24O2. The van der Waals surface area contributed by atoms with Crippen molar-refractivity contribution in [3.63, 3.8) is 0 Å². The summed E-state index contributed by atoms with van der Waals surface area (Å²) in [4.78, 5) is 0. The first-order chi connectivity index (χ1) is 6.35. The van der Waals surface area contributed by atoms with Gasteiger partial charge in [-0.25, -0.2) is 0 Å². The molecule has 0 aromatic rings. The first kappa shape index (κ1) is 12.9. The molecule has 0 aromatic heterocycles. The maximum Gasteiger partial charge on any atom is 0.0571 e. The van der Waals surface area contributed by atoms with Gasteiger partial charge in [-0.3, -0.25) is 0 Å². The van der Waals surface area contributed by atoms with Crippen LogP contribution >= 0.6 is 0 Å². The lowest BCUT2D eigenvalue weighted by molar-refractivity contribution is 0.0832. The minimum Gasteiger partial charge on any atom is -0.396 e. The highest BCUT2D eigenvalue weighted by Crippen LogP contribution is 2.12. The van der Waals surface area contributed by atoms with E-state index < -0.39 is 0 Å². The molecule has 2 heteroatoms. The molecule has 0 aliphatic heterocycles. The van der Waals surface area contributed by atoms with Gasteiger partial charge in [0.2, 0.25) is 0 Å². The first-order valence-corrected chi connectivity index (χ1v) is 5.48. The lowest BCUT2D eigenvalue weighted by Gasteiger charge is -2.14. The van der Waals surface area contributed by atoms with Crippen molar-refractivity contribution in [2.45, 2.75) is 58.0 Å². The molecule has 0 aliphatic rings. The van der Waals surface area contributed by atoms with Crippen molar-refractivity contribution in [2.75, 3.05) is 13.7 Å². The zero-order valence-corrected chi connectivity index (χ0v) is 9.09. The Morgan fingerprint density at radius 3 is 2.31 bits per heavy atom. The number of methoxy groups -OCH3 is 1. The fourth-order valence-corrected chi connectivity index (χ4v) is 1.47. The quantitative estimate of drug-likeness (QED) is 0.564. The van der Waals surface area contributed by atoms with E-state index in [0.717, 1.165) is 19.3 Å². The van der Waals surface area contributed by atoms with Gasteiger partial charge in [0.15, 0.2) is 0 Å². The van der Waals surface area contributed by atoms with Crippen LogP contribution in [0.1, 0.15) is 51.9 Å². The monoisotopic (exact) mass is 188 g/mol. The summed E-state index contributed by atoms with van der Waals surface area (Å²) in [5.41, 5.74) is 0. The number of aliphatic hydroxyl groups excluding tert-OH is 1. The van der Waals surface area contributed by atoms with Gasteiger partial charge in [-0.1, -0.05) is 32.6 Å². The molecule has 0 fully saturated rings. The predicted molar refractivity (Wildman–Crippen MR) is 55.9 cm³/mol. The van der Waals surface area contributed by atoms with Crippen LogP contribution in [0.2, 0.25) is 0 Å². The highest BCUT2D eigenvalue weighted by atomic mass is 16.5. The Labute approximate surface area is 82.3 Å². The van der Waals surface area contributed by atoms with Crippen molar-refractivity contribution in [3.05, 3.63) is 0 Å². The highest BCUT2D eigenvalue weighted by Gasteiger charge is 2.05. The van der Waals surface area contributed by atoms with E-state index in [1.807, 2.05) is 0 Å². The van der Waals surface area contributed by atoms with Gasteiger partial charge in [0, 0.05) is 13.7 Å². The molecule has 0 radical (unpaired) electrons. The molecule has 0 aliphatic carbocycles. The Kier molecular flexibility index (Phi) is 9.94. The minimum atomic E-state index is 0.326. The summed E-state index contributed by atoms with van der Waals surface area (Å²) in [7, 11) is 1.80. The van der Waals surface area contributed by atoms with Crippen molar-refractivity contribution in [3.8, 4) is 0 Å². The van der Waals surface area contributed by atoms with Crippen LogP contribution in [0, 0.1) is 0 Å². The largest absolute Gasteiger partial charge is 0.396 e. The smallest absolute Gasteiger partial charge is 0.0571 e. The second-order valence-electron chi connectivity index (χ2n) is 3.57. The van der Waals surface area contributed by atoms with Crippen molar-refractivity contribution < 1.29 is 9.84 Å². The summed E-state index contributed by atoms with van der Waals surface area (Å²) in [6, 6.07) is 0. The number of hydrogen-bond donors (Lipinski definition) is 1. The fourth-order valence-electron chi connectivity index (χ4n) is 1.47. The molecule has 1 N–H and O–H groups in total. The molecule has 0 saturated carbocycles. The molecule has 0 aromatic carbocycles. The Morgan fingerprint density at radius 1 is 1.08 bits per heavy atom. The second-order valence-corrected chi connectivity index (χ2v) is 3.57. The van der Waals surface area contributed by atoms with Gasteiger partial charge in [-0.2, -0.15) is 0 Å². The van der Waals surface area contributed by atoms with E-state index >= 15 is 0 Å². The number of unbranched alkanes of at least 4 members (excludes halogenated alkanes) is 3. The van der Waals surface area contributed by atoms with Gasteiger partial charge in [-0.15, -0.1) is 0 Å². The lowest BCUT2D eigenvalue weighted by Crippen LogP contribution is -2.10. The van der Waals surface area contributed by atoms with Crippen LogP contribution in [0.25, 0.3) is 0 Å². The molecule has 2 nitrogen and oxygen atoms in total. The summed E-state index contributed by atoms with van der Waals surface area (Å²) in [6.07, 6.45) is 8.53. The number of rotatable bonds is 9. The third-order valence-corrected chi connectivity index (χ3v) is 2.40. The minimum absolute atomic E-state index is 0.326. The van der Waals surface area contributed by atoms with Gasteiger partial charge in [-0.05, 0) is 19.3 Å². The van der Waals surface area contributed by atoms with Crippen LogP contribution in [-0.4, -0.2) is 24.9 Å². The number of ether oxygens (including phenoxy) is 1. The molecule has 0 heterocycles. The van der Waals surface area contributed by atoms with Gasteiger partial charge >= 0.3 is 0 Å². The number of aliphatic hydroxyl groups is 1. The van der Waals surface area contributed by atoms with Crippen LogP contribution < -0.4 is 0 Å². The van der Waals surface area contributed by atoms with E-state index in [0.29, 0.717) is 12.7 Å². The van der Waals surface area contributed by atoms with E-state index in [1.165, 1.54) is 25.7 Å². The fraction of sp³-hybridized carbons (Fsp3) is 1.00. The summed E-state index contributed by atoms with van der Waals surface area (Å²) >= 11 is 0. The van der Waals surface area contributed by atoms with Crippen molar-refractivity contribution in [2.24, 2.45) is 0 Å². The third kappa shape index (κ3) is 8.26. The molecule has 0 bridgehead atoms. The molecule has 13 heavy (non-hydrogen) atoms. The van der Waals surface area contributed by atoms with Crippen LogP contribution in [0.3, 0.4) is 0 Å². The average Bonchev–Trinajstić information content (AvgIpc) is 2.17. The van der Waals surface area contributed by atoms with Crippen LogP contribution in [-0.2, 0) is 4.74 Å². The van der Waals surface area contributed by atoms with E-state index in [9.17, 15) is 0 Å². The first-order valence-electron chi connectivity index (χ1n) is 5.48. The van der Waals surface area contributed by atoms with Crippen molar-refractivity contribution in [1.82, 2.24) is 0 Å². The number of hydrogen-bond acceptors (Lipinski definition) is 2. The summed E-state index contributed by atoms with van der Waals surface area (Å²) in [5, 5.41) is 8.60. The normalized spacial score (nSPS) is 13.2. The predicted octanol–water partition coefficient (Wildman–Crippen LogP) is 2.74. The molecule has 1 atom stereocenters. The van der Waals surface area contributed by atoms with Gasteiger partial charge in [0.1, 0.15) is 0 Å². The molecular weight excluding hydrogens is 164 g/mol. The van der Waals surface area contributed by atoms with Crippen LogP contribution in [0.5, 0.6) is 0 Å². The zero-order valence-electron chi connectivity index (χ0n) is 9.09. The van der Waals surface area contributed by atoms with E-state index in [-0.39, 0.29) is 0 Å². The van der Waals surface area contributed by atoms with Crippen LogP contribution in [0.4, 0.5) is 0 Å². The van der Waals surface area contributed by atoms with Crippen LogP contribution in [0.15, 0.2) is 0 Å². The van der Waals surface area contributed by atoms with Crippen molar-refractivity contribution >= 4 is 0 Å². The maximum atomic E-state index is 8.60. The van der Waals surface area contributed by atoms with E-state index in [1.54, 1.807) is 7.11 Å². The standard InChI is InChI=1S/C11H24O2/c1-3-4-8-11(13-2)9-6-5-7-10-12/h11-12H,3-10H2,1-2H3/t11-/m0/s1. The lowest BCUT2D eigenvalue weighted by atomic mass is 10.1. The Morgan fingerprint density at radius 2 is 1.77 bits per heavy atom. The highest BCUT2D eigenvalue weighted by molar-refractivity contribution is 4.57. The topological polar surface area (TPSA) is 29.5 Å². The summed E-state index contributed by atoms with van der Waals surface area (Å²) in [5.74, 6) is 0. The molecule has 80 valence electrons. The molecule has 0 rings (SSSR count).